The zero-order valence-electron chi connectivity index (χ0n) is 17.2. The molecule has 4 nitrogen and oxygen atoms in total. The van der Waals surface area contributed by atoms with Gasteiger partial charge in [-0.1, -0.05) is 31.5 Å². The Morgan fingerprint density at radius 3 is 2.52 bits per heavy atom. The van der Waals surface area contributed by atoms with Gasteiger partial charge in [0, 0.05) is 37.6 Å². The number of rotatable bonds is 7. The normalized spacial score (nSPS) is 21.9. The highest BCUT2D eigenvalue weighted by Gasteiger charge is 2.44. The van der Waals surface area contributed by atoms with E-state index in [1.165, 1.54) is 11.8 Å². The molecule has 0 aliphatic carbocycles. The topological polar surface area (TPSA) is 35.6 Å². The Morgan fingerprint density at radius 1 is 1.03 bits per heavy atom. The average Bonchev–Trinajstić information content (AvgIpc) is 3.03. The van der Waals surface area contributed by atoms with Crippen LogP contribution >= 0.6 is 0 Å². The summed E-state index contributed by atoms with van der Waals surface area (Å²) in [5, 5.41) is 2.96. The van der Waals surface area contributed by atoms with Crippen LogP contribution in [0.3, 0.4) is 0 Å². The van der Waals surface area contributed by atoms with E-state index in [-0.39, 0.29) is 11.7 Å². The van der Waals surface area contributed by atoms with Gasteiger partial charge in [0.2, 0.25) is 5.91 Å². The Morgan fingerprint density at radius 2 is 1.79 bits per heavy atom. The molecule has 1 N–H and O–H groups in total. The Kier molecular flexibility index (Phi) is 5.86. The van der Waals surface area contributed by atoms with Gasteiger partial charge >= 0.3 is 0 Å². The Hall–Kier alpha value is -2.40. The van der Waals surface area contributed by atoms with Crippen LogP contribution in [0.1, 0.15) is 38.2 Å². The van der Waals surface area contributed by atoms with E-state index < -0.39 is 5.41 Å². The Bertz CT molecular complexity index is 848. The van der Waals surface area contributed by atoms with E-state index in [1.54, 1.807) is 12.1 Å². The molecule has 1 unspecified atom stereocenters. The summed E-state index contributed by atoms with van der Waals surface area (Å²) in [6.45, 7) is 7.34. The van der Waals surface area contributed by atoms with E-state index in [9.17, 15) is 9.18 Å². The molecule has 0 radical (unpaired) electrons. The third kappa shape index (κ3) is 4.01. The number of hydrogen-bond acceptors (Lipinski definition) is 3. The molecule has 0 aromatic heterocycles. The fraction of sp³-hybridized carbons (Fsp3) is 0.458. The van der Waals surface area contributed by atoms with Gasteiger partial charge in [0.15, 0.2) is 0 Å². The first-order valence-corrected chi connectivity index (χ1v) is 10.8. The van der Waals surface area contributed by atoms with Crippen molar-refractivity contribution in [3.63, 3.8) is 0 Å². The van der Waals surface area contributed by atoms with Crippen molar-refractivity contribution in [3.05, 3.63) is 59.9 Å². The van der Waals surface area contributed by atoms with Gasteiger partial charge in [-0.25, -0.2) is 4.39 Å². The van der Waals surface area contributed by atoms with Crippen LogP contribution in [0.25, 0.3) is 0 Å². The third-order valence-corrected chi connectivity index (χ3v) is 6.61. The minimum absolute atomic E-state index is 0.0251. The molecular weight excluding hydrogens is 365 g/mol. The van der Waals surface area contributed by atoms with Gasteiger partial charge in [-0.15, -0.1) is 0 Å². The summed E-state index contributed by atoms with van der Waals surface area (Å²) >= 11 is 0. The van der Waals surface area contributed by atoms with E-state index in [0.29, 0.717) is 6.42 Å². The highest BCUT2D eigenvalue weighted by molar-refractivity contribution is 6.06. The number of carbonyl (C=O) groups excluding carboxylic acids is 1. The molecule has 0 spiro atoms. The maximum Gasteiger partial charge on any atom is 0.235 e. The molecule has 0 bridgehead atoms. The number of hydrogen-bond donors (Lipinski definition) is 1. The van der Waals surface area contributed by atoms with Crippen molar-refractivity contribution >= 4 is 17.3 Å². The zero-order valence-corrected chi connectivity index (χ0v) is 17.2. The van der Waals surface area contributed by atoms with Crippen molar-refractivity contribution in [2.45, 2.75) is 38.0 Å². The highest BCUT2D eigenvalue weighted by Crippen LogP contribution is 2.44. The minimum atomic E-state index is -0.580. The molecule has 5 heteroatoms. The number of unbranched alkanes of at least 4 members (excludes halogenated alkanes) is 1. The molecule has 4 rings (SSSR count). The van der Waals surface area contributed by atoms with Gasteiger partial charge < -0.3 is 10.2 Å². The summed E-state index contributed by atoms with van der Waals surface area (Å²) in [5.41, 5.74) is 2.33. The maximum absolute atomic E-state index is 13.8. The lowest BCUT2D eigenvalue weighted by Gasteiger charge is -2.36. The van der Waals surface area contributed by atoms with Crippen molar-refractivity contribution in [2.24, 2.45) is 0 Å². The lowest BCUT2D eigenvalue weighted by Crippen LogP contribution is -2.46. The first kappa shape index (κ1) is 19.9. The number of halogens is 1. The summed E-state index contributed by atoms with van der Waals surface area (Å²) in [4.78, 5) is 17.7. The van der Waals surface area contributed by atoms with Crippen molar-refractivity contribution in [2.75, 3.05) is 42.9 Å². The lowest BCUT2D eigenvalue weighted by molar-refractivity contribution is -0.121. The Balaban J connectivity index is 1.28. The molecule has 1 fully saturated rings. The number of nitrogens with one attached hydrogen (secondary N) is 1. The predicted molar refractivity (Wildman–Crippen MR) is 116 cm³/mol. The lowest BCUT2D eigenvalue weighted by atomic mass is 9.75. The molecule has 1 atom stereocenters. The number of amides is 1. The third-order valence-electron chi connectivity index (χ3n) is 6.61. The van der Waals surface area contributed by atoms with Gasteiger partial charge in [-0.05, 0) is 61.7 Å². The average molecular weight is 396 g/mol. The van der Waals surface area contributed by atoms with E-state index in [1.807, 2.05) is 6.92 Å². The summed E-state index contributed by atoms with van der Waals surface area (Å²) < 4.78 is 13.8. The van der Waals surface area contributed by atoms with Crippen molar-refractivity contribution < 1.29 is 9.18 Å². The molecule has 2 aromatic carbocycles. The Labute approximate surface area is 172 Å². The second kappa shape index (κ2) is 8.54. The second-order valence-corrected chi connectivity index (χ2v) is 8.20. The number of benzene rings is 2. The number of anilines is 2. The van der Waals surface area contributed by atoms with Gasteiger partial charge in [-0.3, -0.25) is 9.69 Å². The van der Waals surface area contributed by atoms with E-state index in [0.717, 1.165) is 63.2 Å². The number of fused-ring (bicyclic) bond motifs is 1. The van der Waals surface area contributed by atoms with Crippen LogP contribution in [0.2, 0.25) is 0 Å². The van der Waals surface area contributed by atoms with E-state index in [4.69, 9.17) is 0 Å². The smallest absolute Gasteiger partial charge is 0.235 e. The monoisotopic (exact) mass is 395 g/mol. The number of carbonyl (C=O) groups is 1. The van der Waals surface area contributed by atoms with Crippen LogP contribution < -0.4 is 10.2 Å². The molecule has 2 aliphatic rings. The summed E-state index contributed by atoms with van der Waals surface area (Å²) in [6.07, 6.45) is 3.50. The van der Waals surface area contributed by atoms with Gasteiger partial charge in [0.1, 0.15) is 5.82 Å². The molecule has 2 aromatic rings. The zero-order chi connectivity index (χ0) is 20.3. The van der Waals surface area contributed by atoms with Crippen LogP contribution in [-0.2, 0) is 10.2 Å². The summed E-state index contributed by atoms with van der Waals surface area (Å²) in [7, 11) is 0. The van der Waals surface area contributed by atoms with E-state index >= 15 is 0 Å². The van der Waals surface area contributed by atoms with Gasteiger partial charge in [0.25, 0.3) is 0 Å². The molecule has 2 aliphatic heterocycles. The predicted octanol–water partition coefficient (Wildman–Crippen LogP) is 4.42. The van der Waals surface area contributed by atoms with Crippen LogP contribution in [-0.4, -0.2) is 43.5 Å². The van der Waals surface area contributed by atoms with Crippen molar-refractivity contribution in [1.82, 2.24) is 4.90 Å². The maximum atomic E-state index is 13.8. The standard InChI is InChI=1S/C24H30FN3O/c1-2-24(21-18-19(25)10-11-22(21)26-23(24)29)12-6-7-13-27-14-16-28(17-15-27)20-8-4-3-5-9-20/h3-5,8-11,18H,2,6-7,12-17H2,1H3,(H,26,29). The first-order chi connectivity index (χ1) is 14.1. The van der Waals surface area contributed by atoms with Crippen LogP contribution in [0, 0.1) is 5.82 Å². The summed E-state index contributed by atoms with van der Waals surface area (Å²) in [6, 6.07) is 15.2. The fourth-order valence-corrected chi connectivity index (χ4v) is 4.79. The quantitative estimate of drug-likeness (QED) is 0.705. The second-order valence-electron chi connectivity index (χ2n) is 8.20. The number of para-hydroxylation sites is 1. The number of piperazine rings is 1. The molecular formula is C24H30FN3O. The van der Waals surface area contributed by atoms with Crippen molar-refractivity contribution in [3.8, 4) is 0 Å². The van der Waals surface area contributed by atoms with Crippen LogP contribution in [0.4, 0.5) is 15.8 Å². The molecule has 1 amide bonds. The van der Waals surface area contributed by atoms with Gasteiger partial charge in [-0.2, -0.15) is 0 Å². The SMILES string of the molecule is CCC1(CCCCN2CCN(c3ccccc3)CC2)C(=O)Nc2ccc(F)cc21. The molecule has 29 heavy (non-hydrogen) atoms. The fourth-order valence-electron chi connectivity index (χ4n) is 4.79. The molecule has 2 heterocycles. The number of nitrogens with zero attached hydrogens (tertiary/aromatic N) is 2. The van der Waals surface area contributed by atoms with E-state index in [2.05, 4.69) is 45.4 Å². The minimum Gasteiger partial charge on any atom is -0.369 e. The molecule has 1 saturated heterocycles. The summed E-state index contributed by atoms with van der Waals surface area (Å²) in [5.74, 6) is -0.244. The van der Waals surface area contributed by atoms with Gasteiger partial charge in [0.05, 0.1) is 5.41 Å². The largest absolute Gasteiger partial charge is 0.369 e. The molecule has 154 valence electrons. The van der Waals surface area contributed by atoms with Crippen LogP contribution in [0.15, 0.2) is 48.5 Å². The van der Waals surface area contributed by atoms with Crippen molar-refractivity contribution in [1.29, 1.82) is 0 Å². The van der Waals surface area contributed by atoms with Crippen LogP contribution in [0.5, 0.6) is 0 Å². The molecule has 0 saturated carbocycles. The first-order valence-electron chi connectivity index (χ1n) is 10.8. The highest BCUT2D eigenvalue weighted by atomic mass is 19.1.